The highest BCUT2D eigenvalue weighted by Gasteiger charge is 2.22. The largest absolute Gasteiger partial charge is 0.497 e. The van der Waals surface area contributed by atoms with E-state index in [0.717, 1.165) is 30.1 Å². The average molecular weight is 416 g/mol. The monoisotopic (exact) mass is 415 g/mol. The van der Waals surface area contributed by atoms with Crippen molar-refractivity contribution in [3.05, 3.63) is 64.2 Å². The van der Waals surface area contributed by atoms with Crippen LogP contribution in [0, 0.1) is 10.1 Å². The molecule has 0 aromatic heterocycles. The van der Waals surface area contributed by atoms with Crippen molar-refractivity contribution in [3.63, 3.8) is 0 Å². The van der Waals surface area contributed by atoms with Crippen LogP contribution in [-0.4, -0.2) is 54.8 Å². The third-order valence-electron chi connectivity index (χ3n) is 5.08. The Hall–Kier alpha value is -2.74. The molecule has 1 fully saturated rings. The minimum atomic E-state index is -0.395. The second-order valence-corrected chi connectivity index (χ2v) is 8.20. The van der Waals surface area contributed by atoms with Gasteiger partial charge < -0.3 is 14.5 Å². The zero-order chi connectivity index (χ0) is 20.8. The first-order valence-electron chi connectivity index (χ1n) is 9.50. The summed E-state index contributed by atoms with van der Waals surface area (Å²) in [5, 5.41) is 11.0. The summed E-state index contributed by atoms with van der Waals surface area (Å²) >= 11 is 1.51. The van der Waals surface area contributed by atoms with Crippen LogP contribution >= 0.6 is 11.8 Å². The maximum atomic E-state index is 12.6. The zero-order valence-electron chi connectivity index (χ0n) is 16.6. The smallest absolute Gasteiger partial charge is 0.269 e. The van der Waals surface area contributed by atoms with Crippen molar-refractivity contribution in [2.45, 2.75) is 12.2 Å². The molecule has 0 N–H and O–H groups in total. The second-order valence-electron chi connectivity index (χ2n) is 6.87. The van der Waals surface area contributed by atoms with Crippen molar-refractivity contribution >= 4 is 29.0 Å². The summed E-state index contributed by atoms with van der Waals surface area (Å²) in [7, 11) is 1.65. The Morgan fingerprint density at radius 3 is 2.48 bits per heavy atom. The Bertz CT molecular complexity index is 851. The molecule has 1 aliphatic rings. The van der Waals surface area contributed by atoms with E-state index in [-0.39, 0.29) is 16.8 Å². The number of anilines is 1. The van der Waals surface area contributed by atoms with Gasteiger partial charge in [-0.05, 0) is 36.8 Å². The van der Waals surface area contributed by atoms with Crippen LogP contribution in [-0.2, 0) is 4.79 Å². The lowest BCUT2D eigenvalue weighted by molar-refractivity contribution is -0.384. The Balaban J connectivity index is 1.48. The highest BCUT2D eigenvalue weighted by molar-refractivity contribution is 8.00. The van der Waals surface area contributed by atoms with Crippen molar-refractivity contribution in [2.75, 3.05) is 43.9 Å². The Kier molecular flexibility index (Phi) is 6.98. The van der Waals surface area contributed by atoms with Crippen molar-refractivity contribution in [3.8, 4) is 5.75 Å². The van der Waals surface area contributed by atoms with Crippen molar-refractivity contribution < 1.29 is 14.5 Å². The lowest BCUT2D eigenvalue weighted by atomic mass is 10.1. The van der Waals surface area contributed by atoms with E-state index >= 15 is 0 Å². The van der Waals surface area contributed by atoms with E-state index in [1.165, 1.54) is 17.8 Å². The predicted octanol–water partition coefficient (Wildman–Crippen LogP) is 3.75. The quantitative estimate of drug-likeness (QED) is 0.506. The maximum Gasteiger partial charge on any atom is 0.269 e. The fraction of sp³-hybridized carbons (Fsp3) is 0.381. The Morgan fingerprint density at radius 1 is 1.17 bits per heavy atom. The molecule has 0 bridgehead atoms. The third-order valence-corrected chi connectivity index (χ3v) is 6.26. The van der Waals surface area contributed by atoms with E-state index in [1.54, 1.807) is 19.2 Å². The van der Waals surface area contributed by atoms with E-state index in [4.69, 9.17) is 4.74 Å². The van der Waals surface area contributed by atoms with Crippen LogP contribution in [0.4, 0.5) is 11.4 Å². The van der Waals surface area contributed by atoms with Gasteiger partial charge in [-0.15, -0.1) is 11.8 Å². The molecule has 7 nitrogen and oxygen atoms in total. The van der Waals surface area contributed by atoms with Gasteiger partial charge >= 0.3 is 0 Å². The van der Waals surface area contributed by atoms with E-state index in [0.29, 0.717) is 18.8 Å². The van der Waals surface area contributed by atoms with Gasteiger partial charge in [0, 0.05) is 49.2 Å². The fourth-order valence-electron chi connectivity index (χ4n) is 3.28. The summed E-state index contributed by atoms with van der Waals surface area (Å²) in [5.41, 5.74) is 2.07. The van der Waals surface area contributed by atoms with Crippen LogP contribution in [0.2, 0.25) is 0 Å². The van der Waals surface area contributed by atoms with Crippen LogP contribution in [0.3, 0.4) is 0 Å². The molecule has 0 radical (unpaired) electrons. The molecule has 0 saturated carbocycles. The topological polar surface area (TPSA) is 75.9 Å². The van der Waals surface area contributed by atoms with Gasteiger partial charge in [0.2, 0.25) is 5.91 Å². The van der Waals surface area contributed by atoms with Crippen molar-refractivity contribution in [1.29, 1.82) is 0 Å². The van der Waals surface area contributed by atoms with Crippen molar-refractivity contribution in [1.82, 2.24) is 4.90 Å². The zero-order valence-corrected chi connectivity index (χ0v) is 17.4. The first kappa shape index (κ1) is 21.0. The normalized spacial score (nSPS) is 15.1. The molecule has 8 heteroatoms. The second kappa shape index (κ2) is 9.65. The van der Waals surface area contributed by atoms with E-state index < -0.39 is 4.92 Å². The van der Waals surface area contributed by atoms with Crippen LogP contribution in [0.5, 0.6) is 5.75 Å². The number of nitro benzene ring substituents is 1. The number of carbonyl (C=O) groups excluding carboxylic acids is 1. The summed E-state index contributed by atoms with van der Waals surface area (Å²) < 4.78 is 5.19. The number of methoxy groups -OCH3 is 1. The minimum Gasteiger partial charge on any atom is -0.497 e. The molecule has 154 valence electrons. The number of rotatable bonds is 7. The number of nitro groups is 1. The first-order valence-corrected chi connectivity index (χ1v) is 10.6. The van der Waals surface area contributed by atoms with E-state index in [2.05, 4.69) is 4.90 Å². The molecule has 3 rings (SSSR count). The van der Waals surface area contributed by atoms with Gasteiger partial charge in [0.1, 0.15) is 5.75 Å². The fourth-order valence-corrected chi connectivity index (χ4v) is 4.20. The van der Waals surface area contributed by atoms with Gasteiger partial charge in [0.05, 0.1) is 17.8 Å². The molecular weight excluding hydrogens is 390 g/mol. The number of ether oxygens (including phenoxy) is 1. The molecule has 0 spiro atoms. The average Bonchev–Trinajstić information content (AvgIpc) is 2.77. The predicted molar refractivity (Wildman–Crippen MR) is 116 cm³/mol. The van der Waals surface area contributed by atoms with Crippen LogP contribution in [0.1, 0.15) is 17.7 Å². The number of benzene rings is 2. The molecule has 1 amide bonds. The lowest BCUT2D eigenvalue weighted by Crippen LogP contribution is -2.49. The van der Waals surface area contributed by atoms with Gasteiger partial charge in [-0.25, -0.2) is 0 Å². The van der Waals surface area contributed by atoms with Gasteiger partial charge in [-0.3, -0.25) is 14.9 Å². The van der Waals surface area contributed by atoms with E-state index in [9.17, 15) is 14.9 Å². The number of piperazine rings is 1. The minimum absolute atomic E-state index is 0.0134. The van der Waals surface area contributed by atoms with Gasteiger partial charge in [0.25, 0.3) is 5.69 Å². The summed E-state index contributed by atoms with van der Waals surface area (Å²) in [5.74, 6) is 1.31. The highest BCUT2D eigenvalue weighted by atomic mass is 32.2. The molecular formula is C21H25N3O4S. The molecule has 0 unspecified atom stereocenters. The van der Waals surface area contributed by atoms with Crippen molar-refractivity contribution in [2.24, 2.45) is 0 Å². The number of amides is 1. The molecule has 2 aromatic carbocycles. The lowest BCUT2D eigenvalue weighted by Gasteiger charge is -2.36. The number of hydrogen-bond donors (Lipinski definition) is 0. The summed E-state index contributed by atoms with van der Waals surface area (Å²) in [6, 6.07) is 14.6. The summed E-state index contributed by atoms with van der Waals surface area (Å²) in [4.78, 5) is 27.3. The van der Waals surface area contributed by atoms with Gasteiger partial charge in [-0.1, -0.05) is 12.1 Å². The summed E-state index contributed by atoms with van der Waals surface area (Å²) in [6.07, 6.45) is 0. The molecule has 0 aliphatic carbocycles. The molecule has 1 atom stereocenters. The van der Waals surface area contributed by atoms with Crippen LogP contribution < -0.4 is 9.64 Å². The SMILES string of the molecule is COc1ccc(N2CCN(C(=O)CS[C@@H](C)c3cccc([N+](=O)[O-])c3)CC2)cc1. The molecule has 1 aliphatic heterocycles. The number of non-ortho nitro benzene ring substituents is 1. The molecule has 1 heterocycles. The number of carbonyl (C=O) groups is 1. The van der Waals surface area contributed by atoms with Crippen LogP contribution in [0.15, 0.2) is 48.5 Å². The van der Waals surface area contributed by atoms with Gasteiger partial charge in [-0.2, -0.15) is 0 Å². The third kappa shape index (κ3) is 5.41. The van der Waals surface area contributed by atoms with Gasteiger partial charge in [0.15, 0.2) is 0 Å². The number of hydrogen-bond acceptors (Lipinski definition) is 6. The molecule has 1 saturated heterocycles. The first-order chi connectivity index (χ1) is 14.0. The standard InChI is InChI=1S/C21H25N3O4S/c1-16(17-4-3-5-19(14-17)24(26)27)29-15-21(25)23-12-10-22(11-13-23)18-6-8-20(28-2)9-7-18/h3-9,14,16H,10-13,15H2,1-2H3/t16-/m0/s1. The Labute approximate surface area is 174 Å². The summed E-state index contributed by atoms with van der Waals surface area (Å²) in [6.45, 7) is 4.94. The number of thioether (sulfide) groups is 1. The number of nitrogens with zero attached hydrogens (tertiary/aromatic N) is 3. The van der Waals surface area contributed by atoms with E-state index in [1.807, 2.05) is 42.2 Å². The maximum absolute atomic E-state index is 12.6. The van der Waals surface area contributed by atoms with Crippen LogP contribution in [0.25, 0.3) is 0 Å². The Morgan fingerprint density at radius 2 is 1.86 bits per heavy atom. The molecule has 2 aromatic rings. The molecule has 29 heavy (non-hydrogen) atoms. The highest BCUT2D eigenvalue weighted by Crippen LogP contribution is 2.30.